The molecule has 1 rings (SSSR count). The second kappa shape index (κ2) is 13.1. The van der Waals surface area contributed by atoms with Gasteiger partial charge >= 0.3 is 0 Å². The van der Waals surface area contributed by atoms with Crippen LogP contribution in [0.25, 0.3) is 0 Å². The summed E-state index contributed by atoms with van der Waals surface area (Å²) in [6.07, 6.45) is 0.722. The number of carbonyl (C=O) groups is 1. The van der Waals surface area contributed by atoms with Crippen LogP contribution in [0.3, 0.4) is 0 Å². The molecule has 0 amide bonds. The van der Waals surface area contributed by atoms with Gasteiger partial charge in [0.2, 0.25) is 0 Å². The van der Waals surface area contributed by atoms with Crippen LogP contribution in [0.15, 0.2) is 24.3 Å². The Kier molecular flexibility index (Phi) is 11.6. The first-order valence-electron chi connectivity index (χ1n) is 6.82. The van der Waals surface area contributed by atoms with E-state index in [9.17, 15) is 4.79 Å². The van der Waals surface area contributed by atoms with Crippen molar-refractivity contribution >= 4 is 28.9 Å². The Labute approximate surface area is 139 Å². The largest absolute Gasteiger partial charge is 0.377 e. The lowest BCUT2D eigenvalue weighted by atomic mass is 10.2. The van der Waals surface area contributed by atoms with Crippen LogP contribution in [-0.4, -0.2) is 52.5 Å². The summed E-state index contributed by atoms with van der Waals surface area (Å²) in [6, 6.07) is 8.24. The van der Waals surface area contributed by atoms with Crippen molar-refractivity contribution in [2.45, 2.75) is 6.61 Å². The average Bonchev–Trinajstić information content (AvgIpc) is 2.50. The molecule has 0 atom stereocenters. The normalized spacial score (nSPS) is 10.7. The molecule has 0 unspecified atom stereocenters. The second-order valence-electron chi connectivity index (χ2n) is 4.15. The van der Waals surface area contributed by atoms with Crippen molar-refractivity contribution in [3.05, 3.63) is 33.4 Å². The summed E-state index contributed by atoms with van der Waals surface area (Å²) in [4.78, 5) is 9.97. The Morgan fingerprint density at radius 2 is 1.33 bits per heavy atom. The van der Waals surface area contributed by atoms with Gasteiger partial charge in [0.05, 0.1) is 46.2 Å². The van der Waals surface area contributed by atoms with Crippen LogP contribution in [0.1, 0.15) is 5.56 Å². The summed E-state index contributed by atoms with van der Waals surface area (Å²) < 4.78 is 22.3. The van der Waals surface area contributed by atoms with E-state index in [1.54, 1.807) is 0 Å². The lowest BCUT2D eigenvalue weighted by molar-refractivity contribution is -0.112. The molecule has 118 valence electrons. The summed E-state index contributed by atoms with van der Waals surface area (Å²) in [5.74, 6) is 0. The Balaban J connectivity index is 1.82. The van der Waals surface area contributed by atoms with E-state index in [2.05, 4.69) is 46.9 Å². The molecule has 0 aliphatic carbocycles. The Hall–Kier alpha value is -0.540. The number of carbonyl (C=O) groups excluding carboxylic acids is 1. The van der Waals surface area contributed by atoms with Crippen LogP contribution >= 0.6 is 22.6 Å². The number of rotatable bonds is 13. The lowest BCUT2D eigenvalue weighted by Crippen LogP contribution is -2.12. The van der Waals surface area contributed by atoms with Crippen LogP contribution in [-0.2, 0) is 30.3 Å². The van der Waals surface area contributed by atoms with E-state index in [0.717, 1.165) is 11.8 Å². The van der Waals surface area contributed by atoms with Crippen LogP contribution in [0.4, 0.5) is 0 Å². The Bertz CT molecular complexity index is 369. The van der Waals surface area contributed by atoms with Gasteiger partial charge in [-0.3, -0.25) is 0 Å². The fourth-order valence-corrected chi connectivity index (χ4v) is 1.82. The first-order chi connectivity index (χ1) is 10.3. The fourth-order valence-electron chi connectivity index (χ4n) is 1.46. The molecule has 0 aromatic heterocycles. The molecule has 0 radical (unpaired) electrons. The van der Waals surface area contributed by atoms with Crippen molar-refractivity contribution in [2.24, 2.45) is 0 Å². The van der Waals surface area contributed by atoms with Gasteiger partial charge in [-0.15, -0.1) is 0 Å². The Morgan fingerprint density at radius 3 is 1.90 bits per heavy atom. The molecule has 0 aliphatic rings. The van der Waals surface area contributed by atoms with Crippen molar-refractivity contribution in [3.63, 3.8) is 0 Å². The Morgan fingerprint density at radius 1 is 0.810 bits per heavy atom. The summed E-state index contributed by atoms with van der Waals surface area (Å²) in [7, 11) is 0. The van der Waals surface area contributed by atoms with E-state index in [-0.39, 0.29) is 6.61 Å². The molecule has 1 aromatic rings. The second-order valence-corrected chi connectivity index (χ2v) is 5.39. The topological polar surface area (TPSA) is 54.0 Å². The molecular weight excluding hydrogens is 387 g/mol. The number of hydrogen-bond acceptors (Lipinski definition) is 5. The van der Waals surface area contributed by atoms with Gasteiger partial charge in [-0.25, -0.2) is 0 Å². The number of halogens is 1. The van der Waals surface area contributed by atoms with Crippen LogP contribution in [0, 0.1) is 3.57 Å². The molecule has 0 bridgehead atoms. The van der Waals surface area contributed by atoms with E-state index >= 15 is 0 Å². The molecule has 0 N–H and O–H groups in total. The van der Waals surface area contributed by atoms with Gasteiger partial charge in [0, 0.05) is 3.57 Å². The minimum absolute atomic E-state index is 0.123. The molecule has 6 heteroatoms. The summed E-state index contributed by atoms with van der Waals surface area (Å²) in [6.45, 7) is 3.78. The maximum absolute atomic E-state index is 9.97. The zero-order chi connectivity index (χ0) is 15.2. The van der Waals surface area contributed by atoms with Crippen molar-refractivity contribution in [1.82, 2.24) is 0 Å². The van der Waals surface area contributed by atoms with E-state index in [1.807, 2.05) is 0 Å². The molecule has 0 aliphatic heterocycles. The minimum atomic E-state index is 0.123. The van der Waals surface area contributed by atoms with Crippen molar-refractivity contribution in [2.75, 3.05) is 46.2 Å². The van der Waals surface area contributed by atoms with E-state index in [0.29, 0.717) is 46.2 Å². The maximum Gasteiger partial charge on any atom is 0.145 e. The summed E-state index contributed by atoms with van der Waals surface area (Å²) >= 11 is 2.28. The summed E-state index contributed by atoms with van der Waals surface area (Å²) in [5, 5.41) is 0. The third-order valence-electron chi connectivity index (χ3n) is 2.48. The molecular formula is C15H21IO5. The standard InChI is InChI=1S/C15H21IO5/c16-15-3-1-14(2-4-15)13-21-12-11-20-10-9-19-8-7-18-6-5-17/h1-5H,6-13H2. The zero-order valence-electron chi connectivity index (χ0n) is 12.0. The van der Waals surface area contributed by atoms with Crippen LogP contribution < -0.4 is 0 Å². The number of hydrogen-bond donors (Lipinski definition) is 0. The zero-order valence-corrected chi connectivity index (χ0v) is 14.1. The highest BCUT2D eigenvalue weighted by atomic mass is 127. The third-order valence-corrected chi connectivity index (χ3v) is 3.20. The summed E-state index contributed by atoms with van der Waals surface area (Å²) in [5.41, 5.74) is 1.16. The minimum Gasteiger partial charge on any atom is -0.377 e. The van der Waals surface area contributed by atoms with Gasteiger partial charge in [0.1, 0.15) is 12.9 Å². The smallest absolute Gasteiger partial charge is 0.145 e. The third kappa shape index (κ3) is 10.8. The molecule has 0 heterocycles. The number of ether oxygens (including phenoxy) is 4. The fraction of sp³-hybridized carbons (Fsp3) is 0.533. The van der Waals surface area contributed by atoms with Crippen molar-refractivity contribution in [3.8, 4) is 0 Å². The predicted octanol–water partition coefficient (Wildman–Crippen LogP) is 2.06. The van der Waals surface area contributed by atoms with Crippen LogP contribution in [0.5, 0.6) is 0 Å². The van der Waals surface area contributed by atoms with Gasteiger partial charge in [-0.05, 0) is 40.3 Å². The maximum atomic E-state index is 9.97. The van der Waals surface area contributed by atoms with Gasteiger partial charge < -0.3 is 23.7 Å². The molecule has 21 heavy (non-hydrogen) atoms. The van der Waals surface area contributed by atoms with E-state index in [4.69, 9.17) is 18.9 Å². The number of benzene rings is 1. The molecule has 0 spiro atoms. The number of aldehydes is 1. The molecule has 1 aromatic carbocycles. The van der Waals surface area contributed by atoms with Gasteiger partial charge in [0.15, 0.2) is 0 Å². The van der Waals surface area contributed by atoms with Crippen LogP contribution in [0.2, 0.25) is 0 Å². The van der Waals surface area contributed by atoms with E-state index in [1.165, 1.54) is 3.57 Å². The highest BCUT2D eigenvalue weighted by molar-refractivity contribution is 14.1. The monoisotopic (exact) mass is 408 g/mol. The SMILES string of the molecule is O=CCOCCOCCOCCOCc1ccc(I)cc1. The average molecular weight is 408 g/mol. The molecule has 5 nitrogen and oxygen atoms in total. The molecule has 0 saturated heterocycles. The van der Waals surface area contributed by atoms with Gasteiger partial charge in [0.25, 0.3) is 0 Å². The molecule has 0 saturated carbocycles. The van der Waals surface area contributed by atoms with Gasteiger partial charge in [-0.2, -0.15) is 0 Å². The molecule has 0 fully saturated rings. The highest BCUT2D eigenvalue weighted by Crippen LogP contribution is 2.07. The van der Waals surface area contributed by atoms with Gasteiger partial charge in [-0.1, -0.05) is 12.1 Å². The van der Waals surface area contributed by atoms with Crippen molar-refractivity contribution in [1.29, 1.82) is 0 Å². The first-order valence-corrected chi connectivity index (χ1v) is 7.90. The lowest BCUT2D eigenvalue weighted by Gasteiger charge is -2.07. The van der Waals surface area contributed by atoms with E-state index < -0.39 is 0 Å². The quantitative estimate of drug-likeness (QED) is 0.284. The predicted molar refractivity (Wildman–Crippen MR) is 87.3 cm³/mol. The van der Waals surface area contributed by atoms with Crippen molar-refractivity contribution < 1.29 is 23.7 Å². The first kappa shape index (κ1) is 18.5. The highest BCUT2D eigenvalue weighted by Gasteiger charge is 1.95.